The summed E-state index contributed by atoms with van der Waals surface area (Å²) < 4.78 is 34.8. The van der Waals surface area contributed by atoms with Gasteiger partial charge in [0.05, 0.1) is 29.3 Å². The number of ether oxygens (including phenoxy) is 1. The van der Waals surface area contributed by atoms with E-state index >= 15 is 0 Å². The van der Waals surface area contributed by atoms with Crippen LogP contribution < -0.4 is 4.74 Å². The van der Waals surface area contributed by atoms with Crippen molar-refractivity contribution in [2.75, 3.05) is 27.2 Å². The molecule has 1 aromatic heterocycles. The zero-order valence-corrected chi connectivity index (χ0v) is 21.5. The number of hydrogen-bond donors (Lipinski definition) is 0. The van der Waals surface area contributed by atoms with Crippen molar-refractivity contribution < 1.29 is 17.9 Å². The molecule has 4 rings (SSSR count). The Balaban J connectivity index is 1.47. The number of para-hydroxylation sites is 1. The first-order valence-electron chi connectivity index (χ1n) is 11.7. The van der Waals surface area contributed by atoms with Gasteiger partial charge in [0.1, 0.15) is 5.75 Å². The molecule has 1 unspecified atom stereocenters. The van der Waals surface area contributed by atoms with Crippen molar-refractivity contribution in [1.29, 1.82) is 0 Å². The molecule has 1 saturated heterocycles. The summed E-state index contributed by atoms with van der Waals surface area (Å²) in [7, 11) is -0.371. The molecule has 0 radical (unpaired) electrons. The van der Waals surface area contributed by atoms with Crippen molar-refractivity contribution >= 4 is 15.9 Å². The molecule has 35 heavy (non-hydrogen) atoms. The van der Waals surface area contributed by atoms with Gasteiger partial charge in [-0.3, -0.25) is 4.79 Å². The molecule has 2 heterocycles. The Labute approximate surface area is 207 Å². The van der Waals surface area contributed by atoms with Crippen molar-refractivity contribution in [3.05, 3.63) is 71.5 Å². The minimum atomic E-state index is -3.69. The number of hydrogen-bond acceptors (Lipinski definition) is 5. The van der Waals surface area contributed by atoms with Crippen LogP contribution in [0.15, 0.2) is 59.5 Å². The maximum Gasteiger partial charge on any atom is 0.243 e. The van der Waals surface area contributed by atoms with E-state index in [1.54, 1.807) is 36.2 Å². The second kappa shape index (κ2) is 10.2. The van der Waals surface area contributed by atoms with Gasteiger partial charge in [-0.25, -0.2) is 13.1 Å². The van der Waals surface area contributed by atoms with E-state index in [0.29, 0.717) is 31.7 Å². The Bertz CT molecular complexity index is 1290. The van der Waals surface area contributed by atoms with E-state index < -0.39 is 10.0 Å². The number of methoxy groups -OCH3 is 1. The van der Waals surface area contributed by atoms with Crippen LogP contribution in [-0.4, -0.2) is 60.6 Å². The average molecular weight is 497 g/mol. The number of sulfonamides is 1. The monoisotopic (exact) mass is 496 g/mol. The Morgan fingerprint density at radius 3 is 2.46 bits per heavy atom. The Morgan fingerprint density at radius 1 is 1.11 bits per heavy atom. The van der Waals surface area contributed by atoms with Crippen LogP contribution in [0.2, 0.25) is 0 Å². The fourth-order valence-electron chi connectivity index (χ4n) is 4.61. The number of benzene rings is 2. The second-order valence-electron chi connectivity index (χ2n) is 8.97. The van der Waals surface area contributed by atoms with Crippen LogP contribution >= 0.6 is 0 Å². The number of aromatic nitrogens is 2. The standard InChI is InChI=1S/C26H32N4O4S/c1-19-25(20(2)30(27-19)22-10-6-5-7-11-22)18-28(3)26(31)21-9-8-16-29(17-21)35(32,33)24-14-12-23(34-4)13-15-24/h5-7,10-15,21H,8-9,16-18H2,1-4H3. The number of nitrogens with zero attached hydrogens (tertiary/aromatic N) is 4. The van der Waals surface area contributed by atoms with Crippen molar-refractivity contribution in [2.45, 2.75) is 38.1 Å². The molecule has 186 valence electrons. The van der Waals surface area contributed by atoms with Gasteiger partial charge in [0, 0.05) is 37.9 Å². The topological polar surface area (TPSA) is 84.7 Å². The first-order valence-corrected chi connectivity index (χ1v) is 13.2. The highest BCUT2D eigenvalue weighted by molar-refractivity contribution is 7.89. The van der Waals surface area contributed by atoms with Crippen LogP contribution in [-0.2, 0) is 21.4 Å². The predicted molar refractivity (Wildman–Crippen MR) is 134 cm³/mol. The minimum Gasteiger partial charge on any atom is -0.497 e. The van der Waals surface area contributed by atoms with Crippen LogP contribution in [0.4, 0.5) is 0 Å². The zero-order valence-electron chi connectivity index (χ0n) is 20.6. The highest BCUT2D eigenvalue weighted by atomic mass is 32.2. The number of rotatable bonds is 7. The normalized spacial score (nSPS) is 16.7. The van der Waals surface area contributed by atoms with Gasteiger partial charge in [0.2, 0.25) is 15.9 Å². The largest absolute Gasteiger partial charge is 0.497 e. The Kier molecular flexibility index (Phi) is 7.28. The van der Waals surface area contributed by atoms with E-state index in [0.717, 1.165) is 22.6 Å². The van der Waals surface area contributed by atoms with Crippen LogP contribution in [0.5, 0.6) is 5.75 Å². The van der Waals surface area contributed by atoms with Gasteiger partial charge in [-0.1, -0.05) is 18.2 Å². The molecule has 8 nitrogen and oxygen atoms in total. The molecule has 1 atom stereocenters. The first kappa shape index (κ1) is 24.9. The maximum absolute atomic E-state index is 13.4. The average Bonchev–Trinajstić information content (AvgIpc) is 3.17. The smallest absolute Gasteiger partial charge is 0.243 e. The molecular weight excluding hydrogens is 464 g/mol. The third-order valence-corrected chi connectivity index (χ3v) is 8.52. The lowest BCUT2D eigenvalue weighted by Crippen LogP contribution is -2.45. The van der Waals surface area contributed by atoms with E-state index in [2.05, 4.69) is 5.10 Å². The molecule has 0 saturated carbocycles. The summed E-state index contributed by atoms with van der Waals surface area (Å²) in [5, 5.41) is 4.68. The van der Waals surface area contributed by atoms with Gasteiger partial charge in [-0.05, 0) is 63.1 Å². The maximum atomic E-state index is 13.4. The minimum absolute atomic E-state index is 0.0501. The van der Waals surface area contributed by atoms with Gasteiger partial charge in [-0.2, -0.15) is 9.40 Å². The SMILES string of the molecule is COc1ccc(S(=O)(=O)N2CCCC(C(=O)N(C)Cc3c(C)nn(-c4ccccc4)c3C)C2)cc1. The van der Waals surface area contributed by atoms with Crippen LogP contribution in [0.1, 0.15) is 29.8 Å². The van der Waals surface area contributed by atoms with Crippen LogP contribution in [0, 0.1) is 19.8 Å². The molecule has 1 fully saturated rings. The molecule has 0 spiro atoms. The lowest BCUT2D eigenvalue weighted by molar-refractivity contribution is -0.135. The number of carbonyl (C=O) groups is 1. The molecule has 0 N–H and O–H groups in total. The summed E-state index contributed by atoms with van der Waals surface area (Å²) in [5.74, 6) is 0.163. The lowest BCUT2D eigenvalue weighted by Gasteiger charge is -2.33. The molecule has 1 amide bonds. The molecule has 2 aromatic carbocycles. The zero-order chi connectivity index (χ0) is 25.2. The lowest BCUT2D eigenvalue weighted by atomic mass is 9.98. The molecular formula is C26H32N4O4S. The summed E-state index contributed by atoms with van der Waals surface area (Å²) in [6.07, 6.45) is 1.31. The third kappa shape index (κ3) is 5.11. The van der Waals surface area contributed by atoms with E-state index in [4.69, 9.17) is 4.74 Å². The van der Waals surface area contributed by atoms with Gasteiger partial charge >= 0.3 is 0 Å². The number of piperidine rings is 1. The molecule has 9 heteroatoms. The van der Waals surface area contributed by atoms with Crippen LogP contribution in [0.3, 0.4) is 0 Å². The van der Waals surface area contributed by atoms with E-state index in [1.807, 2.05) is 48.9 Å². The third-order valence-electron chi connectivity index (χ3n) is 6.64. The summed E-state index contributed by atoms with van der Waals surface area (Å²) in [5.41, 5.74) is 3.84. The van der Waals surface area contributed by atoms with Crippen LogP contribution in [0.25, 0.3) is 5.69 Å². The number of amides is 1. The highest BCUT2D eigenvalue weighted by Gasteiger charge is 2.34. The highest BCUT2D eigenvalue weighted by Crippen LogP contribution is 2.27. The summed E-state index contributed by atoms with van der Waals surface area (Å²) in [4.78, 5) is 15.3. The van der Waals surface area contributed by atoms with Crippen molar-refractivity contribution in [2.24, 2.45) is 5.92 Å². The second-order valence-corrected chi connectivity index (χ2v) is 10.9. The fourth-order valence-corrected chi connectivity index (χ4v) is 6.13. The summed E-state index contributed by atoms with van der Waals surface area (Å²) in [6.45, 7) is 4.96. The summed E-state index contributed by atoms with van der Waals surface area (Å²) >= 11 is 0. The Hall–Kier alpha value is -3.17. The van der Waals surface area contributed by atoms with E-state index in [1.165, 1.54) is 11.4 Å². The Morgan fingerprint density at radius 2 is 1.80 bits per heavy atom. The first-order chi connectivity index (χ1) is 16.7. The number of carbonyl (C=O) groups excluding carboxylic acids is 1. The molecule has 0 aliphatic carbocycles. The van der Waals surface area contributed by atoms with Crippen molar-refractivity contribution in [3.8, 4) is 11.4 Å². The number of aryl methyl sites for hydroxylation is 1. The molecule has 3 aromatic rings. The quantitative estimate of drug-likeness (QED) is 0.499. The predicted octanol–water partition coefficient (Wildman–Crippen LogP) is 3.56. The van der Waals surface area contributed by atoms with Gasteiger partial charge in [0.25, 0.3) is 0 Å². The van der Waals surface area contributed by atoms with Crippen molar-refractivity contribution in [3.63, 3.8) is 0 Å². The molecule has 1 aliphatic heterocycles. The fraction of sp³-hybridized carbons (Fsp3) is 0.385. The van der Waals surface area contributed by atoms with Gasteiger partial charge in [0.15, 0.2) is 0 Å². The van der Waals surface area contributed by atoms with Gasteiger partial charge in [-0.15, -0.1) is 0 Å². The van der Waals surface area contributed by atoms with Gasteiger partial charge < -0.3 is 9.64 Å². The molecule has 1 aliphatic rings. The van der Waals surface area contributed by atoms with Crippen molar-refractivity contribution in [1.82, 2.24) is 19.0 Å². The van der Waals surface area contributed by atoms with E-state index in [-0.39, 0.29) is 23.3 Å². The summed E-state index contributed by atoms with van der Waals surface area (Å²) in [6, 6.07) is 16.2. The van der Waals surface area contributed by atoms with E-state index in [9.17, 15) is 13.2 Å². The molecule has 0 bridgehead atoms.